The van der Waals surface area contributed by atoms with E-state index in [0.717, 1.165) is 10.9 Å². The Kier molecular flexibility index (Phi) is 25.3. The lowest BCUT2D eigenvalue weighted by molar-refractivity contribution is -0.0584. The van der Waals surface area contributed by atoms with E-state index in [-0.39, 0.29) is 120 Å². The van der Waals surface area contributed by atoms with E-state index in [2.05, 4.69) is 87.2 Å². The van der Waals surface area contributed by atoms with Gasteiger partial charge in [0.1, 0.15) is 66.6 Å². The van der Waals surface area contributed by atoms with Gasteiger partial charge >= 0.3 is 40.4 Å². The minimum Gasteiger partial charge on any atom is -0.397 e. The Morgan fingerprint density at radius 3 is 1.24 bits per heavy atom. The van der Waals surface area contributed by atoms with Gasteiger partial charge in [0.25, 0.3) is 16.7 Å². The maximum absolute atomic E-state index is 16.0. The first-order chi connectivity index (χ1) is 62.2. The fourth-order valence-corrected chi connectivity index (χ4v) is 24.8. The highest BCUT2D eigenvalue weighted by atomic mass is 32.7. The highest BCUT2D eigenvalue weighted by molar-refractivity contribution is 8.44. The first kappa shape index (κ1) is 92.5. The van der Waals surface area contributed by atoms with E-state index in [0.29, 0.717) is 34.1 Å². The number of nitrogens with two attached hydrogens (primary N) is 6. The largest absolute Gasteiger partial charge is 0.397 e. The van der Waals surface area contributed by atoms with E-state index in [9.17, 15) is 43.4 Å². The van der Waals surface area contributed by atoms with E-state index in [4.69, 9.17) is 176 Å². The number of anilines is 6. The molecule has 0 amide bonds. The number of fused-ring (bicyclic) bond motifs is 15. The lowest BCUT2D eigenvalue weighted by Crippen LogP contribution is -2.34. The molecule has 21 heterocycles. The quantitative estimate of drug-likeness (QED) is 0.0837. The molecular formula is C63H73F2N27O27P6S6. The summed E-state index contributed by atoms with van der Waals surface area (Å²) in [5, 5.41) is 8.62. The Balaban J connectivity index is 0.000000127. The molecule has 9 saturated heterocycles. The zero-order valence-electron chi connectivity index (χ0n) is 66.2. The molecule has 9 fully saturated rings. The van der Waals surface area contributed by atoms with Gasteiger partial charge < -0.3 is 128 Å². The number of nitrogens with one attached hydrogen (secondary N) is 3. The molecule has 0 aromatic carbocycles. The summed E-state index contributed by atoms with van der Waals surface area (Å²) in [6, 6.07) is 4.77. The monoisotopic (exact) mass is 2060 g/mol. The Hall–Kier alpha value is -7.52. The van der Waals surface area contributed by atoms with Crippen LogP contribution in [0, 0.1) is 0 Å². The number of hydrogen-bond donors (Lipinski definition) is 15. The second kappa shape index (κ2) is 35.9. The number of nitrogens with zero attached hydrogens (tertiary/aromatic N) is 18. The molecule has 26 atom stereocenters. The SMILES string of the molecule is Nc1nc2c(ncn2[C@@H]2O[C@@H]3COP(=O)(S)O[C@H]4[C@H](F)[C@H](n5cnc6c(N)ccnc65)O[C@@H]4COP(O)(=S)O[C@@H]2[C@H]3F)c(=O)[nH]1.Nc1nc2c(ncn2[C@@H]2O[C@@H]3COP(O)(=S)O[C@H]4C[C@H](c5cnc6c(N)ccnn56)O[C@@H]4COP(O)(=S)O[C@@H]2C3)c(=O)[nH]1.Nc1nc2c(ncn2[C@@H]2O[C@@H]3COP(O)(=S)O[C@H]4C[C@H](c5cnc6c(N)ccnn56)O[C@@H]4COP(O)(=S)O[C@@H]2C3)c(=O)[nH]1. The van der Waals surface area contributed by atoms with Gasteiger partial charge in [-0.1, -0.05) is 12.2 Å². The van der Waals surface area contributed by atoms with Crippen LogP contribution in [0.5, 0.6) is 0 Å². The van der Waals surface area contributed by atoms with Crippen molar-refractivity contribution in [3.8, 4) is 0 Å². The molecule has 0 aliphatic carbocycles. The number of hydrogen-bond acceptors (Lipinski definition) is 45. The molecule has 0 saturated carbocycles. The maximum Gasteiger partial charge on any atom is 0.386 e. The van der Waals surface area contributed by atoms with Crippen LogP contribution >= 0.6 is 52.6 Å². The van der Waals surface area contributed by atoms with Gasteiger partial charge in [0.2, 0.25) is 17.8 Å². The number of pyridine rings is 1. The summed E-state index contributed by atoms with van der Waals surface area (Å²) in [5.74, 6) is -0.512. The van der Waals surface area contributed by atoms with Crippen molar-refractivity contribution in [2.45, 2.75) is 148 Å². The fraction of sp³-hybridized carbons (Fsp3) is 0.476. The number of ether oxygens (including phenoxy) is 6. The predicted octanol–water partition coefficient (Wildman–Crippen LogP) is 2.06. The van der Waals surface area contributed by atoms with Crippen molar-refractivity contribution in [1.82, 2.24) is 102 Å². The number of halogens is 2. The van der Waals surface area contributed by atoms with Gasteiger partial charge in [-0.25, -0.2) is 57.3 Å². The minimum absolute atomic E-state index is 0.0208. The number of aromatic nitrogens is 21. The second-order valence-electron chi connectivity index (χ2n) is 30.3. The van der Waals surface area contributed by atoms with Gasteiger partial charge in [0.05, 0.1) is 143 Å². The van der Waals surface area contributed by atoms with Crippen LogP contribution in [0.25, 0.3) is 55.9 Å². The van der Waals surface area contributed by atoms with Gasteiger partial charge in [-0.15, -0.1) is 0 Å². The number of imidazole rings is 6. The molecule has 9 aliphatic heterocycles. The first-order valence-electron chi connectivity index (χ1n) is 38.8. The third-order valence-corrected chi connectivity index (χ3v) is 31.3. The Labute approximate surface area is 760 Å². The molecular weight excluding hydrogens is 1980 g/mol. The number of aromatic amines is 3. The summed E-state index contributed by atoms with van der Waals surface area (Å²) >= 11 is 30.5. The number of nitrogen functional groups attached to an aromatic ring is 6. The predicted molar refractivity (Wildman–Crippen MR) is 468 cm³/mol. The summed E-state index contributed by atoms with van der Waals surface area (Å²) in [6.07, 6.45) is -9.41. The summed E-state index contributed by atoms with van der Waals surface area (Å²) in [5.41, 5.74) is 37.2. The van der Waals surface area contributed by atoms with Crippen molar-refractivity contribution in [3.05, 3.63) is 117 Å². The summed E-state index contributed by atoms with van der Waals surface area (Å²) in [6.45, 7) is -26.6. The van der Waals surface area contributed by atoms with Crippen molar-refractivity contribution in [1.29, 1.82) is 0 Å². The Morgan fingerprint density at radius 2 is 0.779 bits per heavy atom. The van der Waals surface area contributed by atoms with Crippen molar-refractivity contribution in [2.75, 3.05) is 74.0 Å². The van der Waals surface area contributed by atoms with Gasteiger partial charge in [-0.2, -0.15) is 25.1 Å². The molecule has 702 valence electrons. The van der Waals surface area contributed by atoms with Crippen LogP contribution in [0.4, 0.5) is 43.7 Å². The highest BCUT2D eigenvalue weighted by Gasteiger charge is 2.56. The van der Waals surface area contributed by atoms with Crippen LogP contribution in [0.1, 0.15) is 74.2 Å². The standard InChI is InChI=1S/C21H23F2N9O9P2S2.2C21H25N9O9P2S2/c22-10-8-3-36-42(34,44)40-14-9(39-19(11(14)23)31-5-27-12-7(24)1-2-26-16(12)31)4-37-43(35,45)41-15(10)20(38-8)32-6-28-13-17(32)29-21(25)30-18(13)33;2*22-10-1-2-26-30-11(5-24-17(10)30)12-4-13-15(37-12)7-35-41(33,43)39-14-3-9(6-34-40(32,42)38-13)36-20(14)29-8-25-16-18(29)27-21(23)28-19(16)31/h1-2,5-6,8-11,14-15,19-20H,3-4H2,(H2,24,26)(H,34,44)(H,35,45)(H3,25,29,30,33);2*1-2,5,8-9,12-15,20H,3-4,6-7,22H2,(H,32,42)(H,33,43)(H3,23,27,28,31)/t8-,9-,10+,11+,14-,15-,19-,20-,42?,43?;2*9-,12+,13-,14+,15+,20+,40?,41?/m100/s1. The summed E-state index contributed by atoms with van der Waals surface area (Å²) < 4.78 is 158. The van der Waals surface area contributed by atoms with Crippen LogP contribution in [-0.4, -0.2) is 252 Å². The van der Waals surface area contributed by atoms with Crippen LogP contribution < -0.4 is 51.1 Å². The molecule has 20 N–H and O–H groups in total. The average Bonchev–Trinajstić information content (AvgIpc) is 1.67. The molecule has 0 spiro atoms. The van der Waals surface area contributed by atoms with E-state index >= 15 is 8.78 Å². The number of alkyl halides is 2. The lowest BCUT2D eigenvalue weighted by atomic mass is 10.1. The maximum atomic E-state index is 16.0. The van der Waals surface area contributed by atoms with Crippen molar-refractivity contribution < 1.29 is 121 Å². The molecule has 68 heteroatoms. The van der Waals surface area contributed by atoms with Crippen LogP contribution in [0.3, 0.4) is 0 Å². The van der Waals surface area contributed by atoms with Gasteiger partial charge in [-0.05, 0) is 77.2 Å². The zero-order chi connectivity index (χ0) is 92.0. The normalized spacial score (nSPS) is 36.2. The summed E-state index contributed by atoms with van der Waals surface area (Å²) in [7, 11) is 0. The average molecular weight is 2060 g/mol. The Bertz CT molecular complexity index is 6710. The van der Waals surface area contributed by atoms with E-state index in [1.807, 2.05) is 0 Å². The van der Waals surface area contributed by atoms with Crippen LogP contribution in [-0.2, 0) is 146 Å². The van der Waals surface area contributed by atoms with Crippen molar-refractivity contribution >= 4 is 203 Å². The molecule has 21 rings (SSSR count). The molecule has 0 radical (unpaired) electrons. The highest BCUT2D eigenvalue weighted by Crippen LogP contribution is 2.61. The Morgan fingerprint density at radius 1 is 0.389 bits per heavy atom. The van der Waals surface area contributed by atoms with Gasteiger partial charge in [0.15, 0.2) is 87.7 Å². The third kappa shape index (κ3) is 18.9. The molecule has 54 nitrogen and oxygen atoms in total. The molecule has 6 unspecified atom stereocenters. The molecule has 12 aromatic rings. The second-order valence-corrected chi connectivity index (χ2v) is 47.2. The van der Waals surface area contributed by atoms with Crippen molar-refractivity contribution in [3.63, 3.8) is 0 Å². The molecule has 12 aromatic heterocycles. The number of thiol groups is 1. The third-order valence-electron chi connectivity index (χ3n) is 21.8. The molecule has 9 aliphatic rings. The number of H-pyrrole nitrogens is 3. The first-order valence-corrected chi connectivity index (χ1v) is 54.4. The van der Waals surface area contributed by atoms with Gasteiger partial charge in [0, 0.05) is 31.9 Å². The lowest BCUT2D eigenvalue weighted by Gasteiger charge is -2.27. The van der Waals surface area contributed by atoms with Crippen LogP contribution in [0.15, 0.2) is 88.9 Å². The van der Waals surface area contributed by atoms with Crippen LogP contribution in [0.2, 0.25) is 0 Å². The number of rotatable bonds is 6. The smallest absolute Gasteiger partial charge is 0.386 e. The van der Waals surface area contributed by atoms with Gasteiger partial charge in [-0.3, -0.25) is 61.2 Å². The fourth-order valence-electron chi connectivity index (χ4n) is 16.0. The van der Waals surface area contributed by atoms with E-state index in [1.54, 1.807) is 33.6 Å². The zero-order valence-corrected chi connectivity index (χ0v) is 76.5. The van der Waals surface area contributed by atoms with Crippen molar-refractivity contribution in [2.24, 2.45) is 0 Å². The van der Waals surface area contributed by atoms with E-state index in [1.165, 1.54) is 57.3 Å². The van der Waals surface area contributed by atoms with E-state index < -0.39 is 193 Å². The molecule has 131 heavy (non-hydrogen) atoms. The topological polar surface area (TPSA) is 722 Å². The molecule has 6 bridgehead atoms. The summed E-state index contributed by atoms with van der Waals surface area (Å²) in [4.78, 5) is 141. The minimum atomic E-state index is -4.44.